The van der Waals surface area contributed by atoms with Crippen molar-refractivity contribution in [2.75, 3.05) is 7.05 Å². The first kappa shape index (κ1) is 15.3. The van der Waals surface area contributed by atoms with Crippen molar-refractivity contribution in [3.05, 3.63) is 62.7 Å². The summed E-state index contributed by atoms with van der Waals surface area (Å²) in [5, 5.41) is 3.27. The van der Waals surface area contributed by atoms with Crippen molar-refractivity contribution in [2.24, 2.45) is 0 Å². The Balaban J connectivity index is 2.15. The summed E-state index contributed by atoms with van der Waals surface area (Å²) >= 11 is 2.31. The lowest BCUT2D eigenvalue weighted by Gasteiger charge is -2.17. The zero-order valence-corrected chi connectivity index (χ0v) is 14.3. The molecule has 106 valence electrons. The summed E-state index contributed by atoms with van der Waals surface area (Å²) in [7, 11) is 1.97. The number of halogens is 1. The van der Waals surface area contributed by atoms with E-state index in [-0.39, 0.29) is 6.04 Å². The Morgan fingerprint density at radius 2 is 1.85 bits per heavy atom. The van der Waals surface area contributed by atoms with Crippen molar-refractivity contribution in [3.8, 4) is 5.75 Å². The van der Waals surface area contributed by atoms with Gasteiger partial charge in [0.1, 0.15) is 12.4 Å². The molecule has 0 saturated carbocycles. The van der Waals surface area contributed by atoms with Gasteiger partial charge in [-0.3, -0.25) is 0 Å². The van der Waals surface area contributed by atoms with E-state index in [1.165, 1.54) is 20.3 Å². The first-order valence-corrected chi connectivity index (χ1v) is 7.83. The molecule has 1 atom stereocenters. The van der Waals surface area contributed by atoms with Crippen LogP contribution in [0.4, 0.5) is 0 Å². The first-order chi connectivity index (χ1) is 9.60. The highest BCUT2D eigenvalue weighted by Crippen LogP contribution is 2.27. The van der Waals surface area contributed by atoms with Crippen LogP contribution in [0.2, 0.25) is 0 Å². The molecule has 2 aromatic rings. The smallest absolute Gasteiger partial charge is 0.124 e. The lowest BCUT2D eigenvalue weighted by Crippen LogP contribution is -2.13. The fraction of sp³-hybridized carbons (Fsp3) is 0.294. The number of nitrogens with one attached hydrogen (secondary N) is 1. The molecule has 0 aliphatic carbocycles. The third-order valence-electron chi connectivity index (χ3n) is 3.38. The van der Waals surface area contributed by atoms with Crippen molar-refractivity contribution in [2.45, 2.75) is 26.5 Å². The van der Waals surface area contributed by atoms with Gasteiger partial charge in [0.2, 0.25) is 0 Å². The van der Waals surface area contributed by atoms with Crippen LogP contribution in [-0.2, 0) is 6.61 Å². The second kappa shape index (κ2) is 7.09. The van der Waals surface area contributed by atoms with Gasteiger partial charge in [-0.05, 0) is 72.8 Å². The van der Waals surface area contributed by atoms with E-state index in [9.17, 15) is 0 Å². The van der Waals surface area contributed by atoms with E-state index in [2.05, 4.69) is 84.2 Å². The zero-order chi connectivity index (χ0) is 14.5. The van der Waals surface area contributed by atoms with E-state index in [1.807, 2.05) is 7.05 Å². The van der Waals surface area contributed by atoms with Gasteiger partial charge in [0, 0.05) is 15.2 Å². The molecule has 3 heteroatoms. The number of benzene rings is 2. The van der Waals surface area contributed by atoms with E-state index < -0.39 is 0 Å². The average molecular weight is 381 g/mol. The van der Waals surface area contributed by atoms with Gasteiger partial charge in [0.15, 0.2) is 0 Å². The van der Waals surface area contributed by atoms with Crippen LogP contribution in [0.3, 0.4) is 0 Å². The molecule has 0 radical (unpaired) electrons. The zero-order valence-electron chi connectivity index (χ0n) is 12.1. The quantitative estimate of drug-likeness (QED) is 0.773. The fourth-order valence-corrected chi connectivity index (χ4v) is 2.38. The van der Waals surface area contributed by atoms with Crippen LogP contribution in [-0.4, -0.2) is 7.05 Å². The van der Waals surface area contributed by atoms with Crippen molar-refractivity contribution in [1.82, 2.24) is 5.32 Å². The van der Waals surface area contributed by atoms with Crippen LogP contribution in [0.15, 0.2) is 42.5 Å². The van der Waals surface area contributed by atoms with Gasteiger partial charge in [0.25, 0.3) is 0 Å². The second-order valence-electron chi connectivity index (χ2n) is 4.97. The number of hydrogen-bond acceptors (Lipinski definition) is 2. The summed E-state index contributed by atoms with van der Waals surface area (Å²) in [6.45, 7) is 4.83. The Kier molecular flexibility index (Phi) is 5.43. The molecule has 0 aliphatic heterocycles. The SMILES string of the molecule is CNC(C)c1ccc(C)cc1OCc1ccc(I)cc1. The monoisotopic (exact) mass is 381 g/mol. The summed E-state index contributed by atoms with van der Waals surface area (Å²) in [5.41, 5.74) is 3.60. The van der Waals surface area contributed by atoms with Crippen LogP contribution >= 0.6 is 22.6 Å². The minimum atomic E-state index is 0.280. The van der Waals surface area contributed by atoms with Crippen molar-refractivity contribution in [3.63, 3.8) is 0 Å². The first-order valence-electron chi connectivity index (χ1n) is 6.75. The number of aryl methyl sites for hydroxylation is 1. The molecule has 2 aromatic carbocycles. The molecule has 0 heterocycles. The maximum Gasteiger partial charge on any atom is 0.124 e. The van der Waals surface area contributed by atoms with Crippen molar-refractivity contribution < 1.29 is 4.74 Å². The highest BCUT2D eigenvalue weighted by molar-refractivity contribution is 14.1. The summed E-state index contributed by atoms with van der Waals surface area (Å²) in [6, 6.07) is 15.1. The molecule has 0 aliphatic rings. The predicted molar refractivity (Wildman–Crippen MR) is 92.1 cm³/mol. The molecule has 0 aromatic heterocycles. The van der Waals surface area contributed by atoms with E-state index in [1.54, 1.807) is 0 Å². The number of ether oxygens (including phenoxy) is 1. The maximum absolute atomic E-state index is 6.02. The highest BCUT2D eigenvalue weighted by Gasteiger charge is 2.10. The lowest BCUT2D eigenvalue weighted by molar-refractivity contribution is 0.300. The van der Waals surface area contributed by atoms with Crippen LogP contribution in [0.25, 0.3) is 0 Å². The standard InChI is InChI=1S/C17H20INO/c1-12-4-9-16(13(2)19-3)17(10-12)20-11-14-5-7-15(18)8-6-14/h4-10,13,19H,11H2,1-3H3. The predicted octanol–water partition coefficient (Wildman–Crippen LogP) is 4.46. The van der Waals surface area contributed by atoms with Crippen molar-refractivity contribution >= 4 is 22.6 Å². The topological polar surface area (TPSA) is 21.3 Å². The molecular formula is C17H20INO. The van der Waals surface area contributed by atoms with Crippen molar-refractivity contribution in [1.29, 1.82) is 0 Å². The average Bonchev–Trinajstić information content (AvgIpc) is 2.46. The molecule has 20 heavy (non-hydrogen) atoms. The van der Waals surface area contributed by atoms with E-state index >= 15 is 0 Å². The largest absolute Gasteiger partial charge is 0.489 e. The van der Waals surface area contributed by atoms with Gasteiger partial charge in [-0.2, -0.15) is 0 Å². The van der Waals surface area contributed by atoms with Crippen LogP contribution < -0.4 is 10.1 Å². The highest BCUT2D eigenvalue weighted by atomic mass is 127. The minimum absolute atomic E-state index is 0.280. The van der Waals surface area contributed by atoms with Gasteiger partial charge in [-0.25, -0.2) is 0 Å². The molecule has 0 fully saturated rings. The Bertz CT molecular complexity index is 566. The molecule has 2 nitrogen and oxygen atoms in total. The summed E-state index contributed by atoms with van der Waals surface area (Å²) in [6.07, 6.45) is 0. The molecule has 0 saturated heterocycles. The molecule has 0 amide bonds. The molecule has 1 N–H and O–H groups in total. The minimum Gasteiger partial charge on any atom is -0.489 e. The molecule has 2 rings (SSSR count). The Labute approximate surface area is 134 Å². The van der Waals surface area contributed by atoms with Crippen LogP contribution in [0.5, 0.6) is 5.75 Å². The molecule has 0 bridgehead atoms. The summed E-state index contributed by atoms with van der Waals surface area (Å²) in [4.78, 5) is 0. The summed E-state index contributed by atoms with van der Waals surface area (Å²) in [5.74, 6) is 0.963. The van der Waals surface area contributed by atoms with Gasteiger partial charge in [-0.15, -0.1) is 0 Å². The Morgan fingerprint density at radius 1 is 1.15 bits per heavy atom. The molecular weight excluding hydrogens is 361 g/mol. The Hall–Kier alpha value is -1.07. The van der Waals surface area contributed by atoms with E-state index in [0.29, 0.717) is 6.61 Å². The second-order valence-corrected chi connectivity index (χ2v) is 6.21. The van der Waals surface area contributed by atoms with Crippen LogP contribution in [0, 0.1) is 10.5 Å². The van der Waals surface area contributed by atoms with Gasteiger partial charge < -0.3 is 10.1 Å². The van der Waals surface area contributed by atoms with Gasteiger partial charge in [0.05, 0.1) is 0 Å². The third kappa shape index (κ3) is 3.96. The van der Waals surface area contributed by atoms with Crippen LogP contribution in [0.1, 0.15) is 29.7 Å². The van der Waals surface area contributed by atoms with E-state index in [0.717, 1.165) is 5.75 Å². The maximum atomic E-state index is 6.02. The fourth-order valence-electron chi connectivity index (χ4n) is 2.02. The summed E-state index contributed by atoms with van der Waals surface area (Å²) < 4.78 is 7.27. The molecule has 0 spiro atoms. The Morgan fingerprint density at radius 3 is 2.50 bits per heavy atom. The number of rotatable bonds is 5. The normalized spacial score (nSPS) is 12.2. The van der Waals surface area contributed by atoms with Gasteiger partial charge in [-0.1, -0.05) is 24.3 Å². The van der Waals surface area contributed by atoms with E-state index in [4.69, 9.17) is 4.74 Å². The van der Waals surface area contributed by atoms with Gasteiger partial charge >= 0.3 is 0 Å². The lowest BCUT2D eigenvalue weighted by atomic mass is 10.1. The number of hydrogen-bond donors (Lipinski definition) is 1. The molecule has 1 unspecified atom stereocenters. The third-order valence-corrected chi connectivity index (χ3v) is 4.10.